The Morgan fingerprint density at radius 3 is 2.59 bits per heavy atom. The Morgan fingerprint density at radius 1 is 1.18 bits per heavy atom. The van der Waals surface area contributed by atoms with Gasteiger partial charge in [0.1, 0.15) is 5.82 Å². The molecule has 2 rings (SSSR count). The molecule has 0 spiro atoms. The molecule has 4 heteroatoms. The van der Waals surface area contributed by atoms with Crippen LogP contribution in [0.5, 0.6) is 0 Å². The Kier molecular flexibility index (Phi) is 5.53. The summed E-state index contributed by atoms with van der Waals surface area (Å²) in [6, 6.07) is 14.5. The van der Waals surface area contributed by atoms with E-state index in [2.05, 4.69) is 22.8 Å². The van der Waals surface area contributed by atoms with Gasteiger partial charge in [-0.15, -0.1) is 0 Å². The second-order valence-corrected chi connectivity index (χ2v) is 5.49. The van der Waals surface area contributed by atoms with E-state index in [1.807, 2.05) is 25.1 Å². The standard InChI is InChI=1S/C18H21FN2O/c1-13-12-16(10-11-17(13)19)21-18(22)20-14(2)8-9-15-6-4-3-5-7-15/h3-7,10-12,14H,8-9H2,1-2H3,(H2,20,21,22). The van der Waals surface area contributed by atoms with Crippen molar-refractivity contribution in [1.29, 1.82) is 0 Å². The summed E-state index contributed by atoms with van der Waals surface area (Å²) >= 11 is 0. The van der Waals surface area contributed by atoms with Gasteiger partial charge < -0.3 is 10.6 Å². The Morgan fingerprint density at radius 2 is 1.91 bits per heavy atom. The second-order valence-electron chi connectivity index (χ2n) is 5.49. The first-order chi connectivity index (χ1) is 10.5. The number of benzene rings is 2. The average molecular weight is 300 g/mol. The molecule has 3 nitrogen and oxygen atoms in total. The van der Waals surface area contributed by atoms with Crippen LogP contribution in [0.1, 0.15) is 24.5 Å². The minimum Gasteiger partial charge on any atom is -0.335 e. The van der Waals surface area contributed by atoms with E-state index in [9.17, 15) is 9.18 Å². The lowest BCUT2D eigenvalue weighted by Gasteiger charge is -2.15. The molecule has 0 bridgehead atoms. The van der Waals surface area contributed by atoms with Gasteiger partial charge in [-0.2, -0.15) is 0 Å². The number of hydrogen-bond donors (Lipinski definition) is 2. The summed E-state index contributed by atoms with van der Waals surface area (Å²) in [5.41, 5.74) is 2.35. The second kappa shape index (κ2) is 7.59. The predicted molar refractivity (Wildman–Crippen MR) is 87.5 cm³/mol. The molecule has 22 heavy (non-hydrogen) atoms. The molecular formula is C18H21FN2O. The van der Waals surface area contributed by atoms with E-state index < -0.39 is 0 Å². The molecule has 0 heterocycles. The summed E-state index contributed by atoms with van der Waals surface area (Å²) in [7, 11) is 0. The molecule has 0 radical (unpaired) electrons. The van der Waals surface area contributed by atoms with Crippen LogP contribution in [0.3, 0.4) is 0 Å². The fourth-order valence-corrected chi connectivity index (χ4v) is 2.21. The average Bonchev–Trinajstić information content (AvgIpc) is 2.50. The summed E-state index contributed by atoms with van der Waals surface area (Å²) in [6.45, 7) is 3.64. The van der Waals surface area contributed by atoms with E-state index >= 15 is 0 Å². The number of halogens is 1. The molecule has 0 fully saturated rings. The van der Waals surface area contributed by atoms with Crippen LogP contribution < -0.4 is 10.6 Å². The minimum atomic E-state index is -0.276. The predicted octanol–water partition coefficient (Wildman–Crippen LogP) is 4.28. The molecular weight excluding hydrogens is 279 g/mol. The van der Waals surface area contributed by atoms with Gasteiger partial charge in [0.15, 0.2) is 0 Å². The minimum absolute atomic E-state index is 0.0572. The zero-order valence-corrected chi connectivity index (χ0v) is 12.9. The number of aryl methyl sites for hydroxylation is 2. The number of rotatable bonds is 5. The molecule has 2 aromatic rings. The van der Waals surface area contributed by atoms with Crippen molar-refractivity contribution in [2.75, 3.05) is 5.32 Å². The number of amides is 2. The Labute approximate surface area is 130 Å². The molecule has 1 unspecified atom stereocenters. The van der Waals surface area contributed by atoms with Gasteiger partial charge in [0.25, 0.3) is 0 Å². The van der Waals surface area contributed by atoms with E-state index in [0.717, 1.165) is 12.8 Å². The van der Waals surface area contributed by atoms with Gasteiger partial charge in [0.2, 0.25) is 0 Å². The van der Waals surface area contributed by atoms with Crippen LogP contribution in [0.25, 0.3) is 0 Å². The smallest absolute Gasteiger partial charge is 0.319 e. The van der Waals surface area contributed by atoms with Crippen LogP contribution >= 0.6 is 0 Å². The third kappa shape index (κ3) is 4.88. The highest BCUT2D eigenvalue weighted by Gasteiger charge is 2.08. The van der Waals surface area contributed by atoms with E-state index in [4.69, 9.17) is 0 Å². The lowest BCUT2D eigenvalue weighted by Crippen LogP contribution is -2.36. The van der Waals surface area contributed by atoms with Crippen LogP contribution in [-0.2, 0) is 6.42 Å². The summed E-state index contributed by atoms with van der Waals surface area (Å²) < 4.78 is 13.2. The molecule has 0 saturated carbocycles. The fourth-order valence-electron chi connectivity index (χ4n) is 2.21. The van der Waals surface area contributed by atoms with E-state index in [1.54, 1.807) is 19.1 Å². The van der Waals surface area contributed by atoms with Crippen LogP contribution in [0.15, 0.2) is 48.5 Å². The zero-order valence-electron chi connectivity index (χ0n) is 12.9. The van der Waals surface area contributed by atoms with Gasteiger partial charge in [-0.05, 0) is 56.0 Å². The molecule has 0 aromatic heterocycles. The van der Waals surface area contributed by atoms with Crippen molar-refractivity contribution >= 4 is 11.7 Å². The van der Waals surface area contributed by atoms with Crippen molar-refractivity contribution in [2.24, 2.45) is 0 Å². The quantitative estimate of drug-likeness (QED) is 0.850. The summed E-state index contributed by atoms with van der Waals surface area (Å²) in [5, 5.41) is 5.61. The lowest BCUT2D eigenvalue weighted by atomic mass is 10.1. The highest BCUT2D eigenvalue weighted by Crippen LogP contribution is 2.13. The van der Waals surface area contributed by atoms with Gasteiger partial charge in [-0.25, -0.2) is 9.18 Å². The topological polar surface area (TPSA) is 41.1 Å². The maximum absolute atomic E-state index is 13.2. The Hall–Kier alpha value is -2.36. The summed E-state index contributed by atoms with van der Waals surface area (Å²) in [5.74, 6) is -0.276. The van der Waals surface area contributed by atoms with E-state index in [1.165, 1.54) is 11.6 Å². The molecule has 2 aromatic carbocycles. The highest BCUT2D eigenvalue weighted by atomic mass is 19.1. The fraction of sp³-hybridized carbons (Fsp3) is 0.278. The van der Waals surface area contributed by atoms with Crippen LogP contribution in [-0.4, -0.2) is 12.1 Å². The van der Waals surface area contributed by atoms with Gasteiger partial charge in [-0.1, -0.05) is 30.3 Å². The van der Waals surface area contributed by atoms with E-state index in [0.29, 0.717) is 11.3 Å². The van der Waals surface area contributed by atoms with E-state index in [-0.39, 0.29) is 17.9 Å². The summed E-state index contributed by atoms with van der Waals surface area (Å²) in [6.07, 6.45) is 1.78. The van der Waals surface area contributed by atoms with Crippen molar-refractivity contribution in [2.45, 2.75) is 32.7 Å². The van der Waals surface area contributed by atoms with Gasteiger partial charge >= 0.3 is 6.03 Å². The van der Waals surface area contributed by atoms with Crippen molar-refractivity contribution in [3.8, 4) is 0 Å². The largest absolute Gasteiger partial charge is 0.335 e. The number of carbonyl (C=O) groups excluding carboxylic acids is 1. The molecule has 2 N–H and O–H groups in total. The Balaban J connectivity index is 1.79. The SMILES string of the molecule is Cc1cc(NC(=O)NC(C)CCc2ccccc2)ccc1F. The monoisotopic (exact) mass is 300 g/mol. The molecule has 0 aliphatic rings. The van der Waals surface area contributed by atoms with Crippen molar-refractivity contribution in [3.63, 3.8) is 0 Å². The zero-order chi connectivity index (χ0) is 15.9. The number of nitrogens with one attached hydrogen (secondary N) is 2. The molecule has 1 atom stereocenters. The lowest BCUT2D eigenvalue weighted by molar-refractivity contribution is 0.248. The van der Waals surface area contributed by atoms with Crippen molar-refractivity contribution < 1.29 is 9.18 Å². The van der Waals surface area contributed by atoms with Gasteiger partial charge in [0, 0.05) is 11.7 Å². The number of anilines is 1. The van der Waals surface area contributed by atoms with Crippen molar-refractivity contribution in [1.82, 2.24) is 5.32 Å². The Bertz CT molecular complexity index is 628. The first kappa shape index (κ1) is 16.0. The third-order valence-electron chi connectivity index (χ3n) is 3.50. The van der Waals surface area contributed by atoms with Crippen LogP contribution in [0, 0.1) is 12.7 Å². The molecule has 2 amide bonds. The molecule has 116 valence electrons. The highest BCUT2D eigenvalue weighted by molar-refractivity contribution is 5.89. The van der Waals surface area contributed by atoms with Crippen LogP contribution in [0.4, 0.5) is 14.9 Å². The van der Waals surface area contributed by atoms with Gasteiger partial charge in [0.05, 0.1) is 0 Å². The maximum Gasteiger partial charge on any atom is 0.319 e. The van der Waals surface area contributed by atoms with Crippen LogP contribution in [0.2, 0.25) is 0 Å². The molecule has 0 aliphatic carbocycles. The normalized spacial score (nSPS) is 11.8. The van der Waals surface area contributed by atoms with Gasteiger partial charge in [-0.3, -0.25) is 0 Å². The molecule has 0 saturated heterocycles. The first-order valence-electron chi connectivity index (χ1n) is 7.42. The number of urea groups is 1. The number of carbonyl (C=O) groups is 1. The third-order valence-corrected chi connectivity index (χ3v) is 3.50. The van der Waals surface area contributed by atoms with Crippen molar-refractivity contribution in [3.05, 3.63) is 65.5 Å². The number of hydrogen-bond acceptors (Lipinski definition) is 1. The first-order valence-corrected chi connectivity index (χ1v) is 7.42. The maximum atomic E-state index is 13.2. The molecule has 0 aliphatic heterocycles. The summed E-state index contributed by atoms with van der Waals surface area (Å²) in [4.78, 5) is 11.9.